The molecule has 1 heterocycles. The molecule has 0 radical (unpaired) electrons. The summed E-state index contributed by atoms with van der Waals surface area (Å²) in [5, 5.41) is 19.7. The first-order chi connectivity index (χ1) is 8.81. The van der Waals surface area contributed by atoms with Crippen LogP contribution in [0.5, 0.6) is 0 Å². The van der Waals surface area contributed by atoms with Crippen molar-refractivity contribution in [2.75, 3.05) is 13.2 Å². The molecule has 1 aromatic carbocycles. The summed E-state index contributed by atoms with van der Waals surface area (Å²) in [6.07, 6.45) is 2.56. The first-order valence-corrected chi connectivity index (χ1v) is 6.29. The van der Waals surface area contributed by atoms with Gasteiger partial charge in [0.25, 0.3) is 0 Å². The molecule has 0 atom stereocenters. The number of H-pyrrole nitrogens is 1. The van der Waals surface area contributed by atoms with Crippen LogP contribution in [-0.2, 0) is 6.54 Å². The maximum atomic E-state index is 8.71. The summed E-state index contributed by atoms with van der Waals surface area (Å²) in [4.78, 5) is 0. The zero-order valence-electron chi connectivity index (χ0n) is 9.99. The predicted octanol–water partition coefficient (Wildman–Crippen LogP) is 2.20. The summed E-state index contributed by atoms with van der Waals surface area (Å²) in [5.74, 6) is 0. The molecule has 2 aromatic rings. The molecule has 0 amide bonds. The molecule has 0 fully saturated rings. The molecule has 3 N–H and O–H groups in total. The standard InChI is InChI=1S/C13H16ClN3O/c14-12-4-1-3-10(7-12)13-11(9-16-17-13)8-15-5-2-6-18/h1,3-4,7,9,15,18H,2,5-6,8H2,(H,16,17). The van der Waals surface area contributed by atoms with Gasteiger partial charge in [0.05, 0.1) is 11.9 Å². The molecule has 0 saturated heterocycles. The van der Waals surface area contributed by atoms with Gasteiger partial charge in [-0.3, -0.25) is 5.10 Å². The van der Waals surface area contributed by atoms with E-state index in [9.17, 15) is 0 Å². The number of benzene rings is 1. The van der Waals surface area contributed by atoms with E-state index in [-0.39, 0.29) is 6.61 Å². The van der Waals surface area contributed by atoms with Crippen molar-refractivity contribution in [3.8, 4) is 11.3 Å². The Morgan fingerprint density at radius 3 is 3.06 bits per heavy atom. The van der Waals surface area contributed by atoms with Crippen LogP contribution >= 0.6 is 11.6 Å². The molecule has 1 aromatic heterocycles. The Hall–Kier alpha value is -1.36. The number of hydrogen-bond acceptors (Lipinski definition) is 3. The lowest BCUT2D eigenvalue weighted by Gasteiger charge is -2.05. The summed E-state index contributed by atoms with van der Waals surface area (Å²) < 4.78 is 0. The van der Waals surface area contributed by atoms with Crippen molar-refractivity contribution >= 4 is 11.6 Å². The summed E-state index contributed by atoms with van der Waals surface area (Å²) >= 11 is 5.98. The van der Waals surface area contributed by atoms with Crippen molar-refractivity contribution in [1.82, 2.24) is 15.5 Å². The zero-order chi connectivity index (χ0) is 12.8. The molecule has 0 aliphatic rings. The van der Waals surface area contributed by atoms with Crippen LogP contribution < -0.4 is 5.32 Å². The number of halogens is 1. The van der Waals surface area contributed by atoms with E-state index in [0.717, 1.165) is 36.3 Å². The molecular formula is C13H16ClN3O. The first-order valence-electron chi connectivity index (χ1n) is 5.91. The third-order valence-corrected chi connectivity index (χ3v) is 2.89. The molecular weight excluding hydrogens is 250 g/mol. The smallest absolute Gasteiger partial charge is 0.0695 e. The van der Waals surface area contributed by atoms with Gasteiger partial charge in [0.1, 0.15) is 0 Å². The number of nitrogens with zero attached hydrogens (tertiary/aromatic N) is 1. The largest absolute Gasteiger partial charge is 0.396 e. The Bertz CT molecular complexity index is 498. The number of aliphatic hydroxyl groups is 1. The van der Waals surface area contributed by atoms with E-state index >= 15 is 0 Å². The first kappa shape index (κ1) is 13.1. The topological polar surface area (TPSA) is 60.9 Å². The maximum Gasteiger partial charge on any atom is 0.0695 e. The molecule has 4 nitrogen and oxygen atoms in total. The quantitative estimate of drug-likeness (QED) is 0.702. The van der Waals surface area contributed by atoms with Crippen molar-refractivity contribution in [2.45, 2.75) is 13.0 Å². The summed E-state index contributed by atoms with van der Waals surface area (Å²) in [6.45, 7) is 1.72. The Balaban J connectivity index is 2.08. The van der Waals surface area contributed by atoms with Gasteiger partial charge in [0, 0.05) is 29.3 Å². The van der Waals surface area contributed by atoms with Gasteiger partial charge < -0.3 is 10.4 Å². The predicted molar refractivity (Wildman–Crippen MR) is 72.4 cm³/mol. The SMILES string of the molecule is OCCCNCc1cn[nH]c1-c1cccc(Cl)c1. The van der Waals surface area contributed by atoms with Crippen LogP contribution in [0.1, 0.15) is 12.0 Å². The molecule has 0 spiro atoms. The fraction of sp³-hybridized carbons (Fsp3) is 0.308. The highest BCUT2D eigenvalue weighted by Crippen LogP contribution is 2.23. The Morgan fingerprint density at radius 2 is 2.28 bits per heavy atom. The number of aromatic nitrogens is 2. The van der Waals surface area contributed by atoms with Gasteiger partial charge in [0.15, 0.2) is 0 Å². The number of aromatic amines is 1. The van der Waals surface area contributed by atoms with Gasteiger partial charge in [-0.15, -0.1) is 0 Å². The molecule has 96 valence electrons. The third kappa shape index (κ3) is 3.32. The van der Waals surface area contributed by atoms with Crippen molar-refractivity contribution in [1.29, 1.82) is 0 Å². The van der Waals surface area contributed by atoms with Crippen LogP contribution in [0.4, 0.5) is 0 Å². The van der Waals surface area contributed by atoms with Gasteiger partial charge >= 0.3 is 0 Å². The number of nitrogens with one attached hydrogen (secondary N) is 2. The molecule has 18 heavy (non-hydrogen) atoms. The van der Waals surface area contributed by atoms with Crippen molar-refractivity contribution < 1.29 is 5.11 Å². The van der Waals surface area contributed by atoms with E-state index in [1.54, 1.807) is 0 Å². The average molecular weight is 266 g/mol. The second-order valence-corrected chi connectivity index (χ2v) is 4.47. The van der Waals surface area contributed by atoms with Gasteiger partial charge in [-0.05, 0) is 25.1 Å². The minimum Gasteiger partial charge on any atom is -0.396 e. The van der Waals surface area contributed by atoms with Crippen molar-refractivity contribution in [3.05, 3.63) is 41.0 Å². The molecule has 0 unspecified atom stereocenters. The summed E-state index contributed by atoms with van der Waals surface area (Å²) in [6, 6.07) is 7.67. The molecule has 2 rings (SSSR count). The minimum atomic E-state index is 0.208. The summed E-state index contributed by atoms with van der Waals surface area (Å²) in [5.41, 5.74) is 3.10. The van der Waals surface area contributed by atoms with E-state index in [0.29, 0.717) is 5.02 Å². The van der Waals surface area contributed by atoms with E-state index < -0.39 is 0 Å². The highest BCUT2D eigenvalue weighted by atomic mass is 35.5. The van der Waals surface area contributed by atoms with Gasteiger partial charge in [0.2, 0.25) is 0 Å². The molecule has 0 saturated carbocycles. The van der Waals surface area contributed by atoms with Crippen molar-refractivity contribution in [3.63, 3.8) is 0 Å². The van der Waals surface area contributed by atoms with Gasteiger partial charge in [-0.1, -0.05) is 23.7 Å². The lowest BCUT2D eigenvalue weighted by atomic mass is 10.1. The molecule has 0 bridgehead atoms. The van der Waals surface area contributed by atoms with E-state index in [4.69, 9.17) is 16.7 Å². The lowest BCUT2D eigenvalue weighted by Crippen LogP contribution is -2.15. The van der Waals surface area contributed by atoms with Crippen LogP contribution in [0.3, 0.4) is 0 Å². The normalized spacial score (nSPS) is 10.8. The molecule has 0 aliphatic carbocycles. The lowest BCUT2D eigenvalue weighted by molar-refractivity contribution is 0.286. The highest BCUT2D eigenvalue weighted by molar-refractivity contribution is 6.30. The fourth-order valence-electron chi connectivity index (χ4n) is 1.77. The Kier molecular flexibility index (Phi) is 4.75. The number of hydrogen-bond donors (Lipinski definition) is 3. The maximum absolute atomic E-state index is 8.71. The van der Waals surface area contributed by atoms with E-state index in [2.05, 4.69) is 15.5 Å². The van der Waals surface area contributed by atoms with Crippen LogP contribution in [0, 0.1) is 0 Å². The van der Waals surface area contributed by atoms with Crippen LogP contribution in [0.15, 0.2) is 30.5 Å². The van der Waals surface area contributed by atoms with Crippen LogP contribution in [-0.4, -0.2) is 28.5 Å². The summed E-state index contributed by atoms with van der Waals surface area (Å²) in [7, 11) is 0. The average Bonchev–Trinajstić information content (AvgIpc) is 2.83. The zero-order valence-corrected chi connectivity index (χ0v) is 10.7. The Morgan fingerprint density at radius 1 is 1.39 bits per heavy atom. The fourth-order valence-corrected chi connectivity index (χ4v) is 1.96. The monoisotopic (exact) mass is 265 g/mol. The second kappa shape index (κ2) is 6.54. The molecule has 5 heteroatoms. The molecule has 0 aliphatic heterocycles. The minimum absolute atomic E-state index is 0.208. The van der Waals surface area contributed by atoms with Crippen molar-refractivity contribution in [2.24, 2.45) is 0 Å². The second-order valence-electron chi connectivity index (χ2n) is 4.03. The van der Waals surface area contributed by atoms with Crippen LogP contribution in [0.2, 0.25) is 5.02 Å². The van der Waals surface area contributed by atoms with E-state index in [1.165, 1.54) is 0 Å². The van der Waals surface area contributed by atoms with Gasteiger partial charge in [-0.25, -0.2) is 0 Å². The number of aliphatic hydroxyl groups excluding tert-OH is 1. The van der Waals surface area contributed by atoms with E-state index in [1.807, 2.05) is 30.5 Å². The third-order valence-electron chi connectivity index (χ3n) is 2.66. The van der Waals surface area contributed by atoms with Gasteiger partial charge in [-0.2, -0.15) is 5.10 Å². The van der Waals surface area contributed by atoms with Crippen LogP contribution in [0.25, 0.3) is 11.3 Å². The number of rotatable bonds is 6. The highest BCUT2D eigenvalue weighted by Gasteiger charge is 2.07. The Labute approximate surface area is 111 Å².